The fraction of sp³-hybridized carbons (Fsp3) is 0.385. The molecule has 0 amide bonds. The van der Waals surface area contributed by atoms with Crippen LogP contribution in [0.15, 0.2) is 48.5 Å². The molecule has 2 atom stereocenters. The second-order valence-corrected chi connectivity index (χ2v) is 8.80. The molecule has 0 saturated heterocycles. The smallest absolute Gasteiger partial charge is 0.305 e. The number of benzene rings is 2. The number of aliphatic hydroxyl groups excluding tert-OH is 2. The molecule has 6 nitrogen and oxygen atoms in total. The number of aromatic nitrogens is 2. The highest BCUT2D eigenvalue weighted by Crippen LogP contribution is 2.33. The van der Waals surface area contributed by atoms with Crippen molar-refractivity contribution in [1.29, 1.82) is 0 Å². The molecule has 0 aliphatic rings. The summed E-state index contributed by atoms with van der Waals surface area (Å²) in [6.45, 7) is 6.17. The number of aliphatic carboxylic acids is 1. The highest BCUT2D eigenvalue weighted by atomic mass is 19.1. The molecule has 2 aromatic carbocycles. The summed E-state index contributed by atoms with van der Waals surface area (Å²) in [5, 5.41) is 34.0. The van der Waals surface area contributed by atoms with Crippen LogP contribution in [0, 0.1) is 12.7 Å². The van der Waals surface area contributed by atoms with Crippen molar-refractivity contribution in [3.05, 3.63) is 71.2 Å². The lowest BCUT2D eigenvalue weighted by molar-refractivity contribution is -0.139. The first-order valence-corrected chi connectivity index (χ1v) is 11.2. The molecule has 0 unspecified atom stereocenters. The maximum Gasteiger partial charge on any atom is 0.305 e. The summed E-state index contributed by atoms with van der Waals surface area (Å²) in [5.74, 6) is -1.31. The Morgan fingerprint density at radius 1 is 1.03 bits per heavy atom. The lowest BCUT2D eigenvalue weighted by atomic mass is 9.94. The zero-order chi connectivity index (χ0) is 24.1. The minimum atomic E-state index is -1.10. The third kappa shape index (κ3) is 6.27. The van der Waals surface area contributed by atoms with Gasteiger partial charge in [0.25, 0.3) is 0 Å². The van der Waals surface area contributed by atoms with Gasteiger partial charge >= 0.3 is 5.97 Å². The van der Waals surface area contributed by atoms with Crippen molar-refractivity contribution < 1.29 is 24.5 Å². The van der Waals surface area contributed by atoms with E-state index >= 15 is 0 Å². The van der Waals surface area contributed by atoms with Gasteiger partial charge in [-0.1, -0.05) is 31.5 Å². The normalized spacial score (nSPS) is 13.3. The highest BCUT2D eigenvalue weighted by Gasteiger charge is 2.24. The Morgan fingerprint density at radius 2 is 1.67 bits per heavy atom. The summed E-state index contributed by atoms with van der Waals surface area (Å²) in [4.78, 5) is 10.8. The zero-order valence-corrected chi connectivity index (χ0v) is 19.2. The molecule has 3 N–H and O–H groups in total. The minimum Gasteiger partial charge on any atom is -0.481 e. The van der Waals surface area contributed by atoms with Gasteiger partial charge in [0, 0.05) is 11.1 Å². The Hall–Kier alpha value is -3.03. The summed E-state index contributed by atoms with van der Waals surface area (Å²) in [7, 11) is 0. The van der Waals surface area contributed by atoms with Crippen molar-refractivity contribution in [3.63, 3.8) is 0 Å². The van der Waals surface area contributed by atoms with Crippen molar-refractivity contribution >= 4 is 5.97 Å². The fourth-order valence-corrected chi connectivity index (χ4v) is 4.05. The Bertz CT molecular complexity index is 1070. The molecule has 0 saturated carbocycles. The minimum absolute atomic E-state index is 0.0126. The molecule has 33 heavy (non-hydrogen) atoms. The summed E-state index contributed by atoms with van der Waals surface area (Å²) in [6, 6.07) is 14.2. The van der Waals surface area contributed by atoms with Crippen LogP contribution in [0.1, 0.15) is 55.8 Å². The Labute approximate surface area is 193 Å². The molecular weight excluding hydrogens is 423 g/mol. The molecule has 176 valence electrons. The van der Waals surface area contributed by atoms with Crippen LogP contribution in [-0.2, 0) is 11.2 Å². The van der Waals surface area contributed by atoms with Crippen LogP contribution in [0.25, 0.3) is 16.9 Å². The SMILES string of the molecule is Cc1ccc(-n2nc(-c3ccc(F)cc3)c(CC[C@@H](O)C[C@@H](O)CC(=O)O)c2C(C)C)cc1. The second kappa shape index (κ2) is 10.7. The third-order valence-electron chi connectivity index (χ3n) is 5.65. The van der Waals surface area contributed by atoms with Crippen LogP contribution in [-0.4, -0.2) is 43.3 Å². The topological polar surface area (TPSA) is 95.6 Å². The van der Waals surface area contributed by atoms with Crippen molar-refractivity contribution in [2.75, 3.05) is 0 Å². The number of aliphatic hydroxyl groups is 2. The van der Waals surface area contributed by atoms with Crippen LogP contribution in [0.2, 0.25) is 0 Å². The Balaban J connectivity index is 1.99. The molecule has 0 aliphatic heterocycles. The number of carboxylic acids is 1. The predicted octanol–water partition coefficient (Wildman–Crippen LogP) is 4.63. The van der Waals surface area contributed by atoms with E-state index in [0.29, 0.717) is 12.8 Å². The van der Waals surface area contributed by atoms with Gasteiger partial charge in [-0.15, -0.1) is 0 Å². The van der Waals surface area contributed by atoms with E-state index in [-0.39, 0.29) is 18.2 Å². The van der Waals surface area contributed by atoms with Crippen LogP contribution in [0.5, 0.6) is 0 Å². The summed E-state index contributed by atoms with van der Waals surface area (Å²) >= 11 is 0. The van der Waals surface area contributed by atoms with Gasteiger partial charge in [-0.3, -0.25) is 4.79 Å². The van der Waals surface area contributed by atoms with Gasteiger partial charge in [0.2, 0.25) is 0 Å². The molecular formula is C26H31FN2O4. The number of carboxylic acid groups (broad SMARTS) is 1. The van der Waals surface area contributed by atoms with E-state index in [1.807, 2.05) is 35.9 Å². The van der Waals surface area contributed by atoms with Crippen LogP contribution in [0.4, 0.5) is 4.39 Å². The standard InChI is InChI=1S/C26H31FN2O4/c1-16(2)26-23(13-12-21(30)14-22(31)15-24(32)33)25(18-6-8-19(27)9-7-18)28-29(26)20-10-4-17(3)5-11-20/h4-11,16,21-22,30-31H,12-15H2,1-3H3,(H,32,33)/t21-,22-/m1/s1. The number of halogens is 1. The first kappa shape index (κ1) is 24.6. The first-order valence-electron chi connectivity index (χ1n) is 11.2. The molecule has 7 heteroatoms. The predicted molar refractivity (Wildman–Crippen MR) is 125 cm³/mol. The molecule has 1 heterocycles. The first-order chi connectivity index (χ1) is 15.7. The third-order valence-corrected chi connectivity index (χ3v) is 5.65. The van der Waals surface area contributed by atoms with E-state index in [9.17, 15) is 19.4 Å². The second-order valence-electron chi connectivity index (χ2n) is 8.80. The van der Waals surface area contributed by atoms with Gasteiger partial charge in [-0.25, -0.2) is 9.07 Å². The highest BCUT2D eigenvalue weighted by molar-refractivity contribution is 5.67. The van der Waals surface area contributed by atoms with E-state index in [1.165, 1.54) is 12.1 Å². The van der Waals surface area contributed by atoms with E-state index < -0.39 is 24.6 Å². The summed E-state index contributed by atoms with van der Waals surface area (Å²) < 4.78 is 15.5. The van der Waals surface area contributed by atoms with Gasteiger partial charge in [-0.2, -0.15) is 5.10 Å². The fourth-order valence-electron chi connectivity index (χ4n) is 4.05. The van der Waals surface area contributed by atoms with Gasteiger partial charge in [0.15, 0.2) is 0 Å². The number of hydrogen-bond acceptors (Lipinski definition) is 4. The summed E-state index contributed by atoms with van der Waals surface area (Å²) in [5.41, 5.74) is 5.49. The quantitative estimate of drug-likeness (QED) is 0.415. The lowest BCUT2D eigenvalue weighted by Crippen LogP contribution is -2.21. The molecule has 0 fully saturated rings. The Kier molecular flexibility index (Phi) is 8.00. The van der Waals surface area contributed by atoms with Crippen LogP contribution in [0.3, 0.4) is 0 Å². The van der Waals surface area contributed by atoms with Gasteiger partial charge < -0.3 is 15.3 Å². The van der Waals surface area contributed by atoms with Gasteiger partial charge in [0.05, 0.1) is 35.7 Å². The van der Waals surface area contributed by atoms with Gasteiger partial charge in [0.1, 0.15) is 5.82 Å². The van der Waals surface area contributed by atoms with E-state index in [1.54, 1.807) is 12.1 Å². The number of carbonyl (C=O) groups is 1. The number of hydrogen-bond donors (Lipinski definition) is 3. The van der Waals surface area contributed by atoms with Crippen molar-refractivity contribution in [3.8, 4) is 16.9 Å². The average molecular weight is 455 g/mol. The molecule has 0 bridgehead atoms. The largest absolute Gasteiger partial charge is 0.481 e. The molecule has 3 rings (SSSR count). The van der Waals surface area contributed by atoms with E-state index in [0.717, 1.165) is 33.8 Å². The van der Waals surface area contributed by atoms with Gasteiger partial charge in [-0.05, 0) is 68.5 Å². The van der Waals surface area contributed by atoms with E-state index in [2.05, 4.69) is 13.8 Å². The maximum atomic E-state index is 13.6. The molecule has 1 aromatic heterocycles. The van der Waals surface area contributed by atoms with Crippen LogP contribution < -0.4 is 0 Å². The number of rotatable bonds is 10. The monoisotopic (exact) mass is 454 g/mol. The number of aryl methyl sites for hydroxylation is 1. The Morgan fingerprint density at radius 3 is 2.24 bits per heavy atom. The van der Waals surface area contributed by atoms with Crippen molar-refractivity contribution in [2.24, 2.45) is 0 Å². The van der Waals surface area contributed by atoms with Crippen molar-refractivity contribution in [2.45, 2.75) is 64.6 Å². The molecule has 0 aliphatic carbocycles. The van der Waals surface area contributed by atoms with E-state index in [4.69, 9.17) is 10.2 Å². The lowest BCUT2D eigenvalue weighted by Gasteiger charge is -2.16. The van der Waals surface area contributed by atoms with Crippen molar-refractivity contribution in [1.82, 2.24) is 9.78 Å². The van der Waals surface area contributed by atoms with Crippen LogP contribution >= 0.6 is 0 Å². The number of nitrogens with zero attached hydrogens (tertiary/aromatic N) is 2. The zero-order valence-electron chi connectivity index (χ0n) is 19.2. The molecule has 0 spiro atoms. The molecule has 3 aromatic rings. The maximum absolute atomic E-state index is 13.6. The average Bonchev–Trinajstić information content (AvgIpc) is 3.12. The molecule has 0 radical (unpaired) electrons. The summed E-state index contributed by atoms with van der Waals surface area (Å²) in [6.07, 6.45) is -1.56.